The molecular weight excluding hydrogens is 580 g/mol. The topological polar surface area (TPSA) is 90.0 Å². The highest BCUT2D eigenvalue weighted by atomic mass is 79.9. The van der Waals surface area contributed by atoms with Gasteiger partial charge in [-0.2, -0.15) is 12.7 Å². The highest BCUT2D eigenvalue weighted by molar-refractivity contribution is 9.10. The predicted octanol–water partition coefficient (Wildman–Crippen LogP) is 4.23. The second kappa shape index (κ2) is 14.3. The average molecular weight is 616 g/mol. The highest BCUT2D eigenvalue weighted by Gasteiger charge is 2.34. The Morgan fingerprint density at radius 1 is 0.897 bits per heavy atom. The van der Waals surface area contributed by atoms with Crippen LogP contribution in [0.25, 0.3) is 0 Å². The quantitative estimate of drug-likeness (QED) is 0.312. The SMILES string of the molecule is CCCNC(=O)C(Cc1ccccc1)N(Cc1cccc(Br)c1)C(=O)CN(c1ccccc1)S(=O)(=O)N(C)C. The van der Waals surface area contributed by atoms with Crippen LogP contribution < -0.4 is 9.62 Å². The van der Waals surface area contributed by atoms with Gasteiger partial charge in [0.2, 0.25) is 11.8 Å². The van der Waals surface area contributed by atoms with E-state index in [0.29, 0.717) is 12.2 Å². The van der Waals surface area contributed by atoms with E-state index in [1.54, 1.807) is 30.3 Å². The third-order valence-corrected chi connectivity index (χ3v) is 8.44. The molecule has 0 aromatic heterocycles. The summed E-state index contributed by atoms with van der Waals surface area (Å²) < 4.78 is 29.6. The van der Waals surface area contributed by atoms with Crippen molar-refractivity contribution in [3.63, 3.8) is 0 Å². The van der Waals surface area contributed by atoms with Gasteiger partial charge < -0.3 is 10.2 Å². The number of amides is 2. The molecular formula is C29H35BrN4O4S. The summed E-state index contributed by atoms with van der Waals surface area (Å²) in [5.41, 5.74) is 2.06. The lowest BCUT2D eigenvalue weighted by atomic mass is 10.0. The molecule has 0 spiro atoms. The molecule has 10 heteroatoms. The van der Waals surface area contributed by atoms with Crippen molar-refractivity contribution in [2.24, 2.45) is 0 Å². The van der Waals surface area contributed by atoms with Gasteiger partial charge in [-0.25, -0.2) is 4.31 Å². The van der Waals surface area contributed by atoms with Gasteiger partial charge in [0, 0.05) is 38.1 Å². The Morgan fingerprint density at radius 3 is 2.10 bits per heavy atom. The number of benzene rings is 3. The molecule has 0 heterocycles. The molecule has 0 bridgehead atoms. The molecule has 2 amide bonds. The summed E-state index contributed by atoms with van der Waals surface area (Å²) in [6, 6.07) is 24.6. The van der Waals surface area contributed by atoms with Gasteiger partial charge in [-0.3, -0.25) is 9.59 Å². The lowest BCUT2D eigenvalue weighted by Crippen LogP contribution is -2.54. The summed E-state index contributed by atoms with van der Waals surface area (Å²) in [6.45, 7) is 2.08. The zero-order valence-electron chi connectivity index (χ0n) is 22.5. The molecule has 39 heavy (non-hydrogen) atoms. The number of nitrogens with zero attached hydrogens (tertiary/aromatic N) is 3. The van der Waals surface area contributed by atoms with Crippen LogP contribution in [0.15, 0.2) is 89.4 Å². The molecule has 1 atom stereocenters. The maximum absolute atomic E-state index is 14.1. The zero-order chi connectivity index (χ0) is 28.4. The van der Waals surface area contributed by atoms with Crippen molar-refractivity contribution in [1.29, 1.82) is 0 Å². The van der Waals surface area contributed by atoms with Crippen molar-refractivity contribution >= 4 is 43.6 Å². The molecule has 0 aliphatic rings. The zero-order valence-corrected chi connectivity index (χ0v) is 24.9. The number of carbonyl (C=O) groups is 2. The van der Waals surface area contributed by atoms with E-state index in [-0.39, 0.29) is 18.9 Å². The summed E-state index contributed by atoms with van der Waals surface area (Å²) in [5.74, 6) is -0.775. The Labute approximate surface area is 239 Å². The summed E-state index contributed by atoms with van der Waals surface area (Å²) in [6.07, 6.45) is 1.02. The first kappa shape index (κ1) is 30.3. The van der Waals surface area contributed by atoms with Crippen molar-refractivity contribution in [2.75, 3.05) is 31.5 Å². The maximum atomic E-state index is 14.1. The van der Waals surface area contributed by atoms with Crippen LogP contribution >= 0.6 is 15.9 Å². The second-order valence-corrected chi connectivity index (χ2v) is 12.3. The van der Waals surface area contributed by atoms with Gasteiger partial charge in [0.1, 0.15) is 12.6 Å². The van der Waals surface area contributed by atoms with E-state index in [9.17, 15) is 18.0 Å². The number of rotatable bonds is 13. The first-order chi connectivity index (χ1) is 18.6. The minimum atomic E-state index is -4.01. The Bertz CT molecular complexity index is 1340. The van der Waals surface area contributed by atoms with Crippen LogP contribution in [-0.2, 0) is 32.8 Å². The number of hydrogen-bond donors (Lipinski definition) is 1. The first-order valence-corrected chi connectivity index (χ1v) is 14.9. The molecule has 0 fully saturated rings. The van der Waals surface area contributed by atoms with Gasteiger partial charge in [-0.05, 0) is 41.8 Å². The molecule has 208 valence electrons. The normalized spacial score (nSPS) is 12.1. The van der Waals surface area contributed by atoms with Crippen molar-refractivity contribution in [1.82, 2.24) is 14.5 Å². The summed E-state index contributed by atoms with van der Waals surface area (Å²) >= 11 is 3.48. The van der Waals surface area contributed by atoms with Crippen LogP contribution in [0.1, 0.15) is 24.5 Å². The minimum Gasteiger partial charge on any atom is -0.354 e. The number of carbonyl (C=O) groups excluding carboxylic acids is 2. The molecule has 3 rings (SSSR count). The standard InChI is InChI=1S/C29H35BrN4O4S/c1-4-18-31-29(36)27(20-23-12-7-5-8-13-23)33(21-24-14-11-15-25(30)19-24)28(35)22-34(39(37,38)32(2)3)26-16-9-6-10-17-26/h5-17,19,27H,4,18,20-22H2,1-3H3,(H,31,36). The van der Waals surface area contributed by atoms with Crippen molar-refractivity contribution in [2.45, 2.75) is 32.4 Å². The smallest absolute Gasteiger partial charge is 0.304 e. The van der Waals surface area contributed by atoms with Crippen molar-refractivity contribution in [3.05, 3.63) is 101 Å². The van der Waals surface area contributed by atoms with E-state index in [0.717, 1.165) is 30.6 Å². The Hall–Kier alpha value is -3.21. The summed E-state index contributed by atoms with van der Waals surface area (Å²) in [4.78, 5) is 29.1. The van der Waals surface area contributed by atoms with Gasteiger partial charge in [0.05, 0.1) is 5.69 Å². The van der Waals surface area contributed by atoms with Crippen molar-refractivity contribution in [3.8, 4) is 0 Å². The lowest BCUT2D eigenvalue weighted by Gasteiger charge is -2.34. The van der Waals surface area contributed by atoms with E-state index >= 15 is 0 Å². The van der Waals surface area contributed by atoms with Gasteiger partial charge >= 0.3 is 10.2 Å². The molecule has 3 aromatic rings. The largest absolute Gasteiger partial charge is 0.354 e. The van der Waals surface area contributed by atoms with E-state index in [1.165, 1.54) is 19.0 Å². The van der Waals surface area contributed by atoms with Gasteiger partial charge in [0.15, 0.2) is 0 Å². The average Bonchev–Trinajstić information content (AvgIpc) is 2.93. The molecule has 0 saturated carbocycles. The molecule has 1 unspecified atom stereocenters. The van der Waals surface area contributed by atoms with Gasteiger partial charge in [0.25, 0.3) is 0 Å². The summed E-state index contributed by atoms with van der Waals surface area (Å²) in [5, 5.41) is 2.94. The van der Waals surface area contributed by atoms with E-state index in [2.05, 4.69) is 21.2 Å². The van der Waals surface area contributed by atoms with Gasteiger partial charge in [-0.1, -0.05) is 83.5 Å². The molecule has 0 aliphatic heterocycles. The summed E-state index contributed by atoms with van der Waals surface area (Å²) in [7, 11) is -1.16. The number of nitrogens with one attached hydrogen (secondary N) is 1. The minimum absolute atomic E-state index is 0.125. The van der Waals surface area contributed by atoms with Crippen LogP contribution in [0, 0.1) is 0 Å². The Morgan fingerprint density at radius 2 is 1.51 bits per heavy atom. The number of anilines is 1. The second-order valence-electron chi connectivity index (χ2n) is 9.28. The molecule has 8 nitrogen and oxygen atoms in total. The monoisotopic (exact) mass is 614 g/mol. The third-order valence-electron chi connectivity index (χ3n) is 6.13. The molecule has 3 aromatic carbocycles. The molecule has 0 aliphatic carbocycles. The Kier molecular flexibility index (Phi) is 11.1. The molecule has 0 radical (unpaired) electrons. The fourth-order valence-corrected chi connectivity index (χ4v) is 5.57. The van der Waals surface area contributed by atoms with Crippen LogP contribution in [0.3, 0.4) is 0 Å². The van der Waals surface area contributed by atoms with Gasteiger partial charge in [-0.15, -0.1) is 0 Å². The number of halogens is 1. The molecule has 0 saturated heterocycles. The van der Waals surface area contributed by atoms with Crippen LogP contribution in [0.2, 0.25) is 0 Å². The lowest BCUT2D eigenvalue weighted by molar-refractivity contribution is -0.140. The number of para-hydroxylation sites is 1. The van der Waals surface area contributed by atoms with E-state index in [1.807, 2.05) is 61.5 Å². The third kappa shape index (κ3) is 8.39. The Balaban J connectivity index is 2.06. The fraction of sp³-hybridized carbons (Fsp3) is 0.310. The van der Waals surface area contributed by atoms with Crippen molar-refractivity contribution < 1.29 is 18.0 Å². The predicted molar refractivity (Wildman–Crippen MR) is 158 cm³/mol. The maximum Gasteiger partial charge on any atom is 0.304 e. The highest BCUT2D eigenvalue weighted by Crippen LogP contribution is 2.22. The first-order valence-electron chi connectivity index (χ1n) is 12.7. The number of hydrogen-bond acceptors (Lipinski definition) is 4. The fourth-order valence-electron chi connectivity index (χ4n) is 4.06. The molecule has 1 N–H and O–H groups in total. The van der Waals surface area contributed by atoms with E-state index < -0.39 is 28.7 Å². The van der Waals surface area contributed by atoms with Crippen LogP contribution in [0.5, 0.6) is 0 Å². The van der Waals surface area contributed by atoms with Crippen LogP contribution in [0.4, 0.5) is 5.69 Å². The van der Waals surface area contributed by atoms with Crippen LogP contribution in [-0.4, -0.2) is 62.7 Å². The van der Waals surface area contributed by atoms with E-state index in [4.69, 9.17) is 0 Å².